The van der Waals surface area contributed by atoms with Crippen LogP contribution in [0, 0.1) is 12.7 Å². The second kappa shape index (κ2) is 6.13. The molecule has 20 heavy (non-hydrogen) atoms. The Morgan fingerprint density at radius 3 is 2.65 bits per heavy atom. The van der Waals surface area contributed by atoms with E-state index in [2.05, 4.69) is 23.4 Å². The quantitative estimate of drug-likeness (QED) is 0.663. The van der Waals surface area contributed by atoms with Gasteiger partial charge in [-0.05, 0) is 38.8 Å². The van der Waals surface area contributed by atoms with E-state index < -0.39 is 0 Å². The summed E-state index contributed by atoms with van der Waals surface area (Å²) in [7, 11) is 0. The maximum atomic E-state index is 13.7. The summed E-state index contributed by atoms with van der Waals surface area (Å²) >= 11 is 6.26. The SMILES string of the molecule is CCCCC(C)n1c(C(C)Cl)nc2cc(F)c(C)cc21. The highest BCUT2D eigenvalue weighted by Gasteiger charge is 2.19. The van der Waals surface area contributed by atoms with E-state index in [0.717, 1.165) is 30.6 Å². The summed E-state index contributed by atoms with van der Waals surface area (Å²) in [5.74, 6) is 0.618. The van der Waals surface area contributed by atoms with Crippen LogP contribution in [0.5, 0.6) is 0 Å². The van der Waals surface area contributed by atoms with Crippen LogP contribution in [0.4, 0.5) is 4.39 Å². The molecule has 2 nitrogen and oxygen atoms in total. The van der Waals surface area contributed by atoms with Crippen LogP contribution >= 0.6 is 11.6 Å². The van der Waals surface area contributed by atoms with Crippen molar-refractivity contribution in [2.75, 3.05) is 0 Å². The van der Waals surface area contributed by atoms with E-state index in [4.69, 9.17) is 11.6 Å². The van der Waals surface area contributed by atoms with Gasteiger partial charge in [0.2, 0.25) is 0 Å². The lowest BCUT2D eigenvalue weighted by atomic mass is 10.1. The molecule has 0 spiro atoms. The highest BCUT2D eigenvalue weighted by molar-refractivity contribution is 6.20. The standard InChI is InChI=1S/C16H22ClFN2/c1-5-6-7-11(3)20-15-8-10(2)13(18)9-14(15)19-16(20)12(4)17/h8-9,11-12H,5-7H2,1-4H3. The van der Waals surface area contributed by atoms with Gasteiger partial charge in [-0.3, -0.25) is 0 Å². The predicted octanol–water partition coefficient (Wildman–Crippen LogP) is 5.53. The van der Waals surface area contributed by atoms with Gasteiger partial charge in [-0.25, -0.2) is 9.37 Å². The minimum atomic E-state index is -0.211. The maximum absolute atomic E-state index is 13.7. The first-order valence-corrected chi connectivity index (χ1v) is 7.71. The molecule has 110 valence electrons. The lowest BCUT2D eigenvalue weighted by Crippen LogP contribution is -2.10. The van der Waals surface area contributed by atoms with Crippen LogP contribution in [-0.4, -0.2) is 9.55 Å². The van der Waals surface area contributed by atoms with Gasteiger partial charge in [0.15, 0.2) is 0 Å². The number of nitrogens with zero attached hydrogens (tertiary/aromatic N) is 2. The van der Waals surface area contributed by atoms with Crippen molar-refractivity contribution in [3.8, 4) is 0 Å². The molecule has 1 heterocycles. The molecular formula is C16H22ClFN2. The van der Waals surface area contributed by atoms with Crippen molar-refractivity contribution in [3.63, 3.8) is 0 Å². The summed E-state index contributed by atoms with van der Waals surface area (Å²) in [5.41, 5.74) is 2.32. The summed E-state index contributed by atoms with van der Waals surface area (Å²) < 4.78 is 15.9. The molecule has 1 aromatic heterocycles. The zero-order valence-electron chi connectivity index (χ0n) is 12.6. The number of unbranched alkanes of at least 4 members (excludes halogenated alkanes) is 1. The molecule has 2 unspecified atom stereocenters. The van der Waals surface area contributed by atoms with Gasteiger partial charge in [-0.1, -0.05) is 19.8 Å². The summed E-state index contributed by atoms with van der Waals surface area (Å²) in [5, 5.41) is -0.185. The van der Waals surface area contributed by atoms with E-state index in [0.29, 0.717) is 17.1 Å². The van der Waals surface area contributed by atoms with Gasteiger partial charge < -0.3 is 4.57 Å². The van der Waals surface area contributed by atoms with Crippen LogP contribution in [-0.2, 0) is 0 Å². The molecule has 0 saturated carbocycles. The Bertz CT molecular complexity index is 604. The lowest BCUT2D eigenvalue weighted by molar-refractivity contribution is 0.480. The minimum absolute atomic E-state index is 0.185. The zero-order valence-corrected chi connectivity index (χ0v) is 13.3. The molecule has 0 fully saturated rings. The Morgan fingerprint density at radius 1 is 1.35 bits per heavy atom. The fraction of sp³-hybridized carbons (Fsp3) is 0.562. The first-order chi connectivity index (χ1) is 9.45. The molecule has 2 rings (SSSR count). The van der Waals surface area contributed by atoms with Crippen LogP contribution in [0.3, 0.4) is 0 Å². The van der Waals surface area contributed by atoms with Crippen molar-refractivity contribution in [2.45, 2.75) is 58.4 Å². The average Bonchev–Trinajstić information content (AvgIpc) is 2.75. The van der Waals surface area contributed by atoms with Crippen LogP contribution in [0.25, 0.3) is 11.0 Å². The molecule has 0 radical (unpaired) electrons. The number of hydrogen-bond donors (Lipinski definition) is 0. The molecular weight excluding hydrogens is 275 g/mol. The normalized spacial score (nSPS) is 14.7. The average molecular weight is 297 g/mol. The van der Waals surface area contributed by atoms with E-state index in [1.807, 2.05) is 13.0 Å². The Balaban J connectivity index is 2.58. The first kappa shape index (κ1) is 15.3. The second-order valence-electron chi connectivity index (χ2n) is 5.54. The van der Waals surface area contributed by atoms with Crippen LogP contribution in [0.15, 0.2) is 12.1 Å². The summed E-state index contributed by atoms with van der Waals surface area (Å²) in [6.07, 6.45) is 3.41. The molecule has 0 saturated heterocycles. The first-order valence-electron chi connectivity index (χ1n) is 7.27. The number of fused-ring (bicyclic) bond motifs is 1. The lowest BCUT2D eigenvalue weighted by Gasteiger charge is -2.18. The topological polar surface area (TPSA) is 17.8 Å². The number of benzene rings is 1. The van der Waals surface area contributed by atoms with Crippen molar-refractivity contribution in [1.82, 2.24) is 9.55 Å². The van der Waals surface area contributed by atoms with Gasteiger partial charge in [0.05, 0.1) is 16.4 Å². The molecule has 0 aliphatic rings. The van der Waals surface area contributed by atoms with E-state index in [1.165, 1.54) is 6.07 Å². The number of hydrogen-bond acceptors (Lipinski definition) is 1. The van der Waals surface area contributed by atoms with Gasteiger partial charge >= 0.3 is 0 Å². The van der Waals surface area contributed by atoms with Crippen LogP contribution in [0.2, 0.25) is 0 Å². The fourth-order valence-electron chi connectivity index (χ4n) is 2.61. The molecule has 0 amide bonds. The highest BCUT2D eigenvalue weighted by atomic mass is 35.5. The van der Waals surface area contributed by atoms with Gasteiger partial charge in [0, 0.05) is 12.1 Å². The van der Waals surface area contributed by atoms with Crippen LogP contribution in [0.1, 0.15) is 62.8 Å². The zero-order chi connectivity index (χ0) is 14.9. The second-order valence-corrected chi connectivity index (χ2v) is 6.19. The van der Waals surface area contributed by atoms with Gasteiger partial charge in [-0.2, -0.15) is 0 Å². The Morgan fingerprint density at radius 2 is 2.05 bits per heavy atom. The maximum Gasteiger partial charge on any atom is 0.128 e. The number of alkyl halides is 1. The minimum Gasteiger partial charge on any atom is -0.324 e. The number of imidazole rings is 1. The molecule has 0 aliphatic carbocycles. The monoisotopic (exact) mass is 296 g/mol. The third kappa shape index (κ3) is 2.83. The van der Waals surface area contributed by atoms with Crippen LogP contribution < -0.4 is 0 Å². The summed E-state index contributed by atoms with van der Waals surface area (Å²) in [4.78, 5) is 4.53. The molecule has 2 aromatic rings. The molecule has 1 aromatic carbocycles. The molecule has 4 heteroatoms. The van der Waals surface area contributed by atoms with E-state index in [-0.39, 0.29) is 11.2 Å². The Labute approximate surface area is 125 Å². The summed E-state index contributed by atoms with van der Waals surface area (Å²) in [6.45, 7) is 8.06. The predicted molar refractivity (Wildman–Crippen MR) is 82.9 cm³/mol. The third-order valence-corrected chi connectivity index (χ3v) is 3.96. The van der Waals surface area contributed by atoms with Gasteiger partial charge in [0.1, 0.15) is 11.6 Å². The van der Waals surface area contributed by atoms with Crippen molar-refractivity contribution in [1.29, 1.82) is 0 Å². The molecule has 0 N–H and O–H groups in total. The van der Waals surface area contributed by atoms with E-state index in [1.54, 1.807) is 6.92 Å². The molecule has 2 atom stereocenters. The van der Waals surface area contributed by atoms with Gasteiger partial charge in [0.25, 0.3) is 0 Å². The number of aryl methyl sites for hydroxylation is 1. The Hall–Kier alpha value is -1.09. The number of rotatable bonds is 5. The van der Waals surface area contributed by atoms with Crippen molar-refractivity contribution in [2.24, 2.45) is 0 Å². The van der Waals surface area contributed by atoms with E-state index >= 15 is 0 Å². The number of aromatic nitrogens is 2. The van der Waals surface area contributed by atoms with E-state index in [9.17, 15) is 4.39 Å². The third-order valence-electron chi connectivity index (χ3n) is 3.77. The largest absolute Gasteiger partial charge is 0.324 e. The highest BCUT2D eigenvalue weighted by Crippen LogP contribution is 2.31. The Kier molecular flexibility index (Phi) is 4.69. The van der Waals surface area contributed by atoms with Gasteiger partial charge in [-0.15, -0.1) is 11.6 Å². The summed E-state index contributed by atoms with van der Waals surface area (Å²) in [6, 6.07) is 3.71. The fourth-order valence-corrected chi connectivity index (χ4v) is 2.77. The molecule has 0 aliphatic heterocycles. The number of halogens is 2. The van der Waals surface area contributed by atoms with Crippen molar-refractivity contribution >= 4 is 22.6 Å². The van der Waals surface area contributed by atoms with Crippen molar-refractivity contribution < 1.29 is 4.39 Å². The smallest absolute Gasteiger partial charge is 0.128 e. The van der Waals surface area contributed by atoms with Crippen molar-refractivity contribution in [3.05, 3.63) is 29.3 Å². The molecule has 0 bridgehead atoms.